The zero-order valence-corrected chi connectivity index (χ0v) is 23.5. The van der Waals surface area contributed by atoms with Crippen molar-refractivity contribution in [3.8, 4) is 16.9 Å². The van der Waals surface area contributed by atoms with Gasteiger partial charge in [-0.1, -0.05) is 0 Å². The monoisotopic (exact) mass is 659 g/mol. The molecular formula is C27H17F8N5O4S. The van der Waals surface area contributed by atoms with Gasteiger partial charge in [0.25, 0.3) is 11.8 Å². The Morgan fingerprint density at radius 3 is 2.27 bits per heavy atom. The van der Waals surface area contributed by atoms with E-state index in [0.717, 1.165) is 18.2 Å². The average molecular weight is 660 g/mol. The first-order chi connectivity index (χ1) is 21.1. The summed E-state index contributed by atoms with van der Waals surface area (Å²) >= 11 is 0.506. The average Bonchev–Trinajstić information content (AvgIpc) is 3.71. The van der Waals surface area contributed by atoms with Gasteiger partial charge in [-0.05, 0) is 37.6 Å². The molecule has 2 amide bonds. The number of nitrogens with one attached hydrogen (secondary N) is 1. The summed E-state index contributed by atoms with van der Waals surface area (Å²) in [5.41, 5.74) is 4.48. The van der Waals surface area contributed by atoms with Gasteiger partial charge < -0.3 is 20.2 Å². The number of anilines is 1. The van der Waals surface area contributed by atoms with Gasteiger partial charge in [-0.25, -0.2) is 18.2 Å². The number of fused-ring (bicyclic) bond motifs is 1. The number of hydrogen-bond donors (Lipinski definition) is 2. The second kappa shape index (κ2) is 11.5. The molecular weight excluding hydrogens is 642 g/mol. The van der Waals surface area contributed by atoms with Crippen molar-refractivity contribution in [3.05, 3.63) is 81.3 Å². The van der Waals surface area contributed by atoms with Crippen molar-refractivity contribution in [1.29, 1.82) is 0 Å². The van der Waals surface area contributed by atoms with Crippen LogP contribution in [0.2, 0.25) is 0 Å². The van der Waals surface area contributed by atoms with E-state index in [0.29, 0.717) is 23.6 Å². The Kier molecular flexibility index (Phi) is 8.03. The quantitative estimate of drug-likeness (QED) is 0.108. The van der Waals surface area contributed by atoms with Crippen LogP contribution in [-0.4, -0.2) is 26.6 Å². The molecule has 0 aliphatic rings. The van der Waals surface area contributed by atoms with Crippen molar-refractivity contribution in [2.24, 2.45) is 5.73 Å². The zero-order chi connectivity index (χ0) is 33.0. The van der Waals surface area contributed by atoms with E-state index in [2.05, 4.69) is 15.4 Å². The first-order valence-corrected chi connectivity index (χ1v) is 13.4. The zero-order valence-electron chi connectivity index (χ0n) is 22.7. The Bertz CT molecular complexity index is 1970. The second-order valence-corrected chi connectivity index (χ2v) is 10.3. The van der Waals surface area contributed by atoms with Crippen LogP contribution in [0.25, 0.3) is 21.3 Å². The number of carbonyl (C=O) groups is 2. The Labute approximate surface area is 250 Å². The summed E-state index contributed by atoms with van der Waals surface area (Å²) in [7, 11) is 0. The molecule has 0 atom stereocenters. The third-order valence-corrected chi connectivity index (χ3v) is 7.49. The molecule has 0 aliphatic carbocycles. The minimum Gasteiger partial charge on any atom is -0.479 e. The molecule has 236 valence electrons. The van der Waals surface area contributed by atoms with Gasteiger partial charge in [-0.3, -0.25) is 14.3 Å². The molecule has 0 radical (unpaired) electrons. The summed E-state index contributed by atoms with van der Waals surface area (Å²) in [6.45, 7) is 2.82. The van der Waals surface area contributed by atoms with Crippen molar-refractivity contribution in [2.75, 3.05) is 5.32 Å². The number of primary amides is 1. The number of nitrogens with two attached hydrogens (primary N) is 1. The Morgan fingerprint density at radius 2 is 1.69 bits per heavy atom. The maximum Gasteiger partial charge on any atom is 0.433 e. The molecule has 18 heteroatoms. The van der Waals surface area contributed by atoms with E-state index in [1.807, 2.05) is 0 Å². The molecule has 0 bridgehead atoms. The van der Waals surface area contributed by atoms with E-state index in [9.17, 15) is 44.7 Å². The summed E-state index contributed by atoms with van der Waals surface area (Å²) in [4.78, 5) is 28.6. The number of thiophene rings is 1. The summed E-state index contributed by atoms with van der Waals surface area (Å²) in [6.07, 6.45) is -3.39. The lowest BCUT2D eigenvalue weighted by Gasteiger charge is -2.11. The number of ether oxygens (including phenoxy) is 1. The van der Waals surface area contributed by atoms with E-state index in [1.54, 1.807) is 13.8 Å². The van der Waals surface area contributed by atoms with Crippen LogP contribution in [0.5, 0.6) is 5.75 Å². The highest BCUT2D eigenvalue weighted by Crippen LogP contribution is 2.44. The second-order valence-electron chi connectivity index (χ2n) is 9.30. The van der Waals surface area contributed by atoms with Gasteiger partial charge >= 0.3 is 6.18 Å². The van der Waals surface area contributed by atoms with E-state index in [4.69, 9.17) is 14.9 Å². The number of amides is 2. The van der Waals surface area contributed by atoms with Crippen LogP contribution in [-0.2, 0) is 19.3 Å². The fraction of sp³-hybridized carbons (Fsp3) is 0.185. The Balaban J connectivity index is 1.52. The maximum atomic E-state index is 13.9. The third kappa shape index (κ3) is 5.67. The predicted molar refractivity (Wildman–Crippen MR) is 142 cm³/mol. The Morgan fingerprint density at radius 1 is 1.04 bits per heavy atom. The minimum atomic E-state index is -4.87. The molecule has 0 fully saturated rings. The molecule has 0 saturated carbocycles. The number of nitrogens with zero attached hydrogens (tertiary/aromatic N) is 3. The summed E-state index contributed by atoms with van der Waals surface area (Å²) in [5.74, 6) is -15.8. The van der Waals surface area contributed by atoms with Crippen LogP contribution in [0.1, 0.15) is 44.3 Å². The van der Waals surface area contributed by atoms with Gasteiger partial charge in [0.05, 0.1) is 11.4 Å². The number of carbonyl (C=O) groups excluding carboxylic acids is 2. The Hall–Kier alpha value is -5.00. The predicted octanol–water partition coefficient (Wildman–Crippen LogP) is 6.73. The molecule has 9 nitrogen and oxygen atoms in total. The molecule has 0 spiro atoms. The number of aryl methyl sites for hydroxylation is 2. The lowest BCUT2D eigenvalue weighted by atomic mass is 10.0. The van der Waals surface area contributed by atoms with Crippen molar-refractivity contribution >= 4 is 39.1 Å². The number of aromatic nitrogens is 3. The smallest absolute Gasteiger partial charge is 0.433 e. The third-order valence-electron chi connectivity index (χ3n) is 6.39. The van der Waals surface area contributed by atoms with Crippen molar-refractivity contribution in [1.82, 2.24) is 14.8 Å². The molecule has 5 rings (SSSR count). The maximum absolute atomic E-state index is 13.9. The number of benzene rings is 1. The highest BCUT2D eigenvalue weighted by Gasteiger charge is 2.36. The van der Waals surface area contributed by atoms with Crippen LogP contribution >= 0.6 is 11.3 Å². The van der Waals surface area contributed by atoms with Crippen molar-refractivity contribution < 1.29 is 53.9 Å². The summed E-state index contributed by atoms with van der Waals surface area (Å²) in [5, 5.41) is 6.60. The van der Waals surface area contributed by atoms with Crippen LogP contribution in [0.4, 0.5) is 40.8 Å². The van der Waals surface area contributed by atoms with E-state index in [-0.39, 0.29) is 37.7 Å². The van der Waals surface area contributed by atoms with Crippen molar-refractivity contribution in [2.45, 2.75) is 33.2 Å². The van der Waals surface area contributed by atoms with Crippen LogP contribution < -0.4 is 15.8 Å². The van der Waals surface area contributed by atoms with E-state index >= 15 is 0 Å². The van der Waals surface area contributed by atoms with Crippen LogP contribution in [0.3, 0.4) is 0 Å². The fourth-order valence-corrected chi connectivity index (χ4v) is 5.31. The first-order valence-electron chi connectivity index (χ1n) is 12.6. The van der Waals surface area contributed by atoms with E-state index in [1.165, 1.54) is 10.9 Å². The number of hydrogen-bond acceptors (Lipinski definition) is 7. The van der Waals surface area contributed by atoms with Gasteiger partial charge in [-0.15, -0.1) is 11.3 Å². The lowest BCUT2D eigenvalue weighted by Crippen LogP contribution is -2.16. The molecule has 1 aromatic carbocycles. The van der Waals surface area contributed by atoms with Gasteiger partial charge in [-0.2, -0.15) is 27.1 Å². The van der Waals surface area contributed by atoms with Crippen LogP contribution in [0.15, 0.2) is 28.8 Å². The largest absolute Gasteiger partial charge is 0.479 e. The highest BCUT2D eigenvalue weighted by atomic mass is 32.1. The molecule has 3 N–H and O–H groups in total. The summed E-state index contributed by atoms with van der Waals surface area (Å²) < 4.78 is 121. The van der Waals surface area contributed by atoms with Gasteiger partial charge in [0.1, 0.15) is 27.8 Å². The molecule has 5 aromatic rings. The normalized spacial score (nSPS) is 11.8. The molecule has 4 heterocycles. The number of rotatable bonds is 8. The topological polar surface area (TPSA) is 125 Å². The van der Waals surface area contributed by atoms with Gasteiger partial charge in [0.2, 0.25) is 29.1 Å². The molecule has 4 aromatic heterocycles. The number of halogens is 8. The highest BCUT2D eigenvalue weighted by molar-refractivity contribution is 7.21. The first kappa shape index (κ1) is 31.4. The van der Waals surface area contributed by atoms with Gasteiger partial charge in [0.15, 0.2) is 11.5 Å². The summed E-state index contributed by atoms with van der Waals surface area (Å²) in [6, 6.07) is 2.90. The fourth-order valence-electron chi connectivity index (χ4n) is 4.30. The van der Waals surface area contributed by atoms with Crippen LogP contribution in [0, 0.1) is 36.0 Å². The standard InChI is InChI=1S/C27H17F8N5O4S/c1-3-40-7-12(9(2)39-40)11-6-14(27(33,34)35)37-26-15(11)21(23(45-26)24(36)41)38-25(42)13-5-4-10(44-13)8-43-22-19(31)17(29)16(28)18(30)20(22)32/h4-7H,3,8H2,1-2H3,(H2,36,41)(H,38,42). The molecule has 0 saturated heterocycles. The minimum absolute atomic E-state index is 0.0460. The number of pyridine rings is 1. The SMILES string of the molecule is CCn1cc(-c2cc(C(F)(F)F)nc3sc(C(N)=O)c(NC(=O)c4ccc(COc5c(F)c(F)c(F)c(F)c5F)o4)c23)c(C)n1. The lowest BCUT2D eigenvalue weighted by molar-refractivity contribution is -0.140. The number of furan rings is 1. The van der Waals surface area contributed by atoms with E-state index < -0.39 is 70.9 Å². The van der Waals surface area contributed by atoms with Crippen molar-refractivity contribution in [3.63, 3.8) is 0 Å². The molecule has 0 unspecified atom stereocenters. The number of alkyl halides is 3. The van der Waals surface area contributed by atoms with Gasteiger partial charge in [0, 0.05) is 23.7 Å². The molecule has 45 heavy (non-hydrogen) atoms. The molecule has 0 aliphatic heterocycles.